The highest BCUT2D eigenvalue weighted by Crippen LogP contribution is 2.54. The van der Waals surface area contributed by atoms with Gasteiger partial charge in [-0.1, -0.05) is 44.2 Å². The highest BCUT2D eigenvalue weighted by Gasteiger charge is 2.61. The van der Waals surface area contributed by atoms with Crippen LogP contribution in [0.25, 0.3) is 11.4 Å². The minimum Gasteiger partial charge on any atom is -0.377 e. The number of benzene rings is 1. The van der Waals surface area contributed by atoms with E-state index in [-0.39, 0.29) is 23.5 Å². The quantitative estimate of drug-likeness (QED) is 0.864. The number of carbonyl (C=O) groups excluding carboxylic acids is 1. The highest BCUT2D eigenvalue weighted by atomic mass is 16.5. The first-order valence-electron chi connectivity index (χ1n) is 8.76. The van der Waals surface area contributed by atoms with Crippen LogP contribution >= 0.6 is 0 Å². The number of aromatic nitrogens is 2. The summed E-state index contributed by atoms with van der Waals surface area (Å²) in [6.45, 7) is 5.16. The molecular formula is C20H23N3O2. The summed E-state index contributed by atoms with van der Waals surface area (Å²) in [5.74, 6) is 1.05. The molecule has 1 aromatic carbocycles. The Morgan fingerprint density at radius 1 is 1.20 bits per heavy atom. The zero-order chi connectivity index (χ0) is 17.6. The van der Waals surface area contributed by atoms with E-state index >= 15 is 0 Å². The molecule has 1 saturated carbocycles. The number of ether oxygens (including phenoxy) is 1. The summed E-state index contributed by atoms with van der Waals surface area (Å²) in [6, 6.07) is 9.96. The minimum absolute atomic E-state index is 0.0174. The Balaban J connectivity index is 1.53. The van der Waals surface area contributed by atoms with Crippen molar-refractivity contribution in [1.29, 1.82) is 0 Å². The van der Waals surface area contributed by atoms with E-state index in [1.165, 1.54) is 0 Å². The maximum atomic E-state index is 12.9. The SMILES string of the molecule is CN(C(=O)c1cnc(-c2ccccc2)nc1)[C@@H]1[C@@H]2CCO[C@@H]2C1(C)C. The van der Waals surface area contributed by atoms with Crippen LogP contribution < -0.4 is 0 Å². The minimum atomic E-state index is -0.0250. The fraction of sp³-hybridized carbons (Fsp3) is 0.450. The van der Waals surface area contributed by atoms with Crippen LogP contribution in [0, 0.1) is 11.3 Å². The van der Waals surface area contributed by atoms with Crippen molar-refractivity contribution in [2.75, 3.05) is 13.7 Å². The predicted octanol–water partition coefficient (Wildman–Crippen LogP) is 3.03. The number of hydrogen-bond acceptors (Lipinski definition) is 4. The number of hydrogen-bond donors (Lipinski definition) is 0. The Morgan fingerprint density at radius 3 is 2.56 bits per heavy atom. The predicted molar refractivity (Wildman–Crippen MR) is 95.0 cm³/mol. The molecule has 130 valence electrons. The summed E-state index contributed by atoms with van der Waals surface area (Å²) in [5.41, 5.74) is 1.46. The third kappa shape index (κ3) is 2.54. The van der Waals surface area contributed by atoms with Crippen LogP contribution in [-0.4, -0.2) is 46.6 Å². The molecule has 1 aliphatic carbocycles. The number of fused-ring (bicyclic) bond motifs is 1. The number of rotatable bonds is 3. The lowest BCUT2D eigenvalue weighted by Crippen LogP contribution is -2.66. The zero-order valence-corrected chi connectivity index (χ0v) is 14.8. The normalized spacial score (nSPS) is 26.6. The van der Waals surface area contributed by atoms with Crippen molar-refractivity contribution in [3.05, 3.63) is 48.3 Å². The molecule has 5 nitrogen and oxygen atoms in total. The van der Waals surface area contributed by atoms with Crippen molar-refractivity contribution in [3.63, 3.8) is 0 Å². The lowest BCUT2D eigenvalue weighted by molar-refractivity contribution is -0.139. The van der Waals surface area contributed by atoms with Gasteiger partial charge in [0.05, 0.1) is 11.7 Å². The molecule has 0 spiro atoms. The Kier molecular flexibility index (Phi) is 3.84. The largest absolute Gasteiger partial charge is 0.377 e. The summed E-state index contributed by atoms with van der Waals surface area (Å²) in [7, 11) is 1.88. The van der Waals surface area contributed by atoms with E-state index in [9.17, 15) is 4.79 Å². The molecule has 0 bridgehead atoms. The van der Waals surface area contributed by atoms with Gasteiger partial charge in [-0.3, -0.25) is 4.79 Å². The Labute approximate surface area is 148 Å². The van der Waals surface area contributed by atoms with Crippen molar-refractivity contribution in [3.8, 4) is 11.4 Å². The molecule has 25 heavy (non-hydrogen) atoms. The van der Waals surface area contributed by atoms with Gasteiger partial charge in [0.15, 0.2) is 5.82 Å². The van der Waals surface area contributed by atoms with Crippen molar-refractivity contribution in [1.82, 2.24) is 14.9 Å². The molecule has 2 aliphatic rings. The van der Waals surface area contributed by atoms with E-state index in [4.69, 9.17) is 4.74 Å². The Bertz CT molecular complexity index is 773. The molecule has 2 fully saturated rings. The van der Waals surface area contributed by atoms with Gasteiger partial charge in [0, 0.05) is 49.0 Å². The first-order valence-corrected chi connectivity index (χ1v) is 8.76. The smallest absolute Gasteiger partial charge is 0.257 e. The van der Waals surface area contributed by atoms with Crippen molar-refractivity contribution in [2.45, 2.75) is 32.4 Å². The average Bonchev–Trinajstić information content (AvgIpc) is 3.08. The maximum Gasteiger partial charge on any atom is 0.257 e. The third-order valence-corrected chi connectivity index (χ3v) is 5.71. The molecule has 1 amide bonds. The second kappa shape index (κ2) is 5.92. The van der Waals surface area contributed by atoms with Crippen LogP contribution in [0.2, 0.25) is 0 Å². The van der Waals surface area contributed by atoms with Crippen LogP contribution in [0.15, 0.2) is 42.7 Å². The van der Waals surface area contributed by atoms with E-state index in [2.05, 4.69) is 23.8 Å². The van der Waals surface area contributed by atoms with Crippen LogP contribution in [0.1, 0.15) is 30.6 Å². The first-order chi connectivity index (χ1) is 12.0. The summed E-state index contributed by atoms with van der Waals surface area (Å²) >= 11 is 0. The molecule has 4 rings (SSSR count). The van der Waals surface area contributed by atoms with Crippen LogP contribution in [0.3, 0.4) is 0 Å². The maximum absolute atomic E-state index is 12.9. The molecule has 1 aliphatic heterocycles. The molecule has 1 saturated heterocycles. The van der Waals surface area contributed by atoms with Gasteiger partial charge in [-0.05, 0) is 6.42 Å². The van der Waals surface area contributed by atoms with Gasteiger partial charge in [-0.15, -0.1) is 0 Å². The molecular weight excluding hydrogens is 314 g/mol. The van der Waals surface area contributed by atoms with Crippen molar-refractivity contribution >= 4 is 5.91 Å². The van der Waals surface area contributed by atoms with Crippen LogP contribution in [0.4, 0.5) is 0 Å². The van der Waals surface area contributed by atoms with E-state index in [0.717, 1.165) is 18.6 Å². The van der Waals surface area contributed by atoms with Gasteiger partial charge in [0.1, 0.15) is 0 Å². The van der Waals surface area contributed by atoms with Gasteiger partial charge in [-0.2, -0.15) is 0 Å². The lowest BCUT2D eigenvalue weighted by Gasteiger charge is -2.57. The van der Waals surface area contributed by atoms with Crippen LogP contribution in [0.5, 0.6) is 0 Å². The van der Waals surface area contributed by atoms with E-state index in [1.807, 2.05) is 42.3 Å². The topological polar surface area (TPSA) is 55.3 Å². The highest BCUT2D eigenvalue weighted by molar-refractivity contribution is 5.94. The monoisotopic (exact) mass is 337 g/mol. The zero-order valence-electron chi connectivity index (χ0n) is 14.8. The summed E-state index contributed by atoms with van der Waals surface area (Å²) in [4.78, 5) is 23.5. The molecule has 0 N–H and O–H groups in total. The van der Waals surface area contributed by atoms with Crippen LogP contribution in [-0.2, 0) is 4.74 Å². The molecule has 0 radical (unpaired) electrons. The van der Waals surface area contributed by atoms with E-state index < -0.39 is 0 Å². The summed E-state index contributed by atoms with van der Waals surface area (Å²) < 4.78 is 5.84. The Morgan fingerprint density at radius 2 is 1.88 bits per heavy atom. The molecule has 2 heterocycles. The third-order valence-electron chi connectivity index (χ3n) is 5.71. The molecule has 5 heteroatoms. The van der Waals surface area contributed by atoms with Crippen molar-refractivity contribution < 1.29 is 9.53 Å². The second-order valence-corrected chi connectivity index (χ2v) is 7.59. The number of amides is 1. The fourth-order valence-corrected chi connectivity index (χ4v) is 4.59. The lowest BCUT2D eigenvalue weighted by atomic mass is 9.56. The summed E-state index contributed by atoms with van der Waals surface area (Å²) in [6.07, 6.45) is 4.55. The summed E-state index contributed by atoms with van der Waals surface area (Å²) in [5, 5.41) is 0. The molecule has 3 atom stereocenters. The molecule has 2 aromatic rings. The van der Waals surface area contributed by atoms with Gasteiger partial charge >= 0.3 is 0 Å². The van der Waals surface area contributed by atoms with Crippen molar-refractivity contribution in [2.24, 2.45) is 11.3 Å². The first kappa shape index (κ1) is 16.2. The second-order valence-electron chi connectivity index (χ2n) is 7.59. The van der Waals surface area contributed by atoms with E-state index in [0.29, 0.717) is 17.3 Å². The average molecular weight is 337 g/mol. The van der Waals surface area contributed by atoms with Gasteiger partial charge in [-0.25, -0.2) is 9.97 Å². The Hall–Kier alpha value is -2.27. The number of carbonyl (C=O) groups is 1. The number of nitrogens with zero attached hydrogens (tertiary/aromatic N) is 3. The van der Waals surface area contributed by atoms with Gasteiger partial charge < -0.3 is 9.64 Å². The van der Waals surface area contributed by atoms with E-state index in [1.54, 1.807) is 12.4 Å². The standard InChI is InChI=1S/C20H23N3O2/c1-20(2)16(15-9-10-25-17(15)20)23(3)19(24)14-11-21-18(22-12-14)13-7-5-4-6-8-13/h4-8,11-12,15-17H,9-10H2,1-3H3/t15-,16+,17-/m0/s1. The van der Waals surface area contributed by atoms with Gasteiger partial charge in [0.25, 0.3) is 5.91 Å². The molecule has 1 aromatic heterocycles. The fourth-order valence-electron chi connectivity index (χ4n) is 4.59. The van der Waals surface area contributed by atoms with Gasteiger partial charge in [0.2, 0.25) is 0 Å². The molecule has 0 unspecified atom stereocenters.